The van der Waals surface area contributed by atoms with Gasteiger partial charge in [0.2, 0.25) is 0 Å². The number of nitrogens with zero attached hydrogens (tertiary/aromatic N) is 3. The van der Waals surface area contributed by atoms with Crippen LogP contribution in [0.3, 0.4) is 0 Å². The molecule has 2 unspecified atom stereocenters. The van der Waals surface area contributed by atoms with E-state index in [-0.39, 0.29) is 47.7 Å². The first-order valence-electron chi connectivity index (χ1n) is 9.56. The van der Waals surface area contributed by atoms with Crippen LogP contribution in [-0.2, 0) is 15.0 Å². The summed E-state index contributed by atoms with van der Waals surface area (Å²) in [7, 11) is 0. The SMILES string of the molecule is C[C@H]1OCC2(c3cc(NC(=O)c4cnc(C(F)F)cn4)ccc3F)N=C(N)O[C@H](C)C12. The van der Waals surface area contributed by atoms with Crippen LogP contribution in [0.2, 0.25) is 0 Å². The Morgan fingerprint density at radius 1 is 1.26 bits per heavy atom. The molecule has 0 spiro atoms. The van der Waals surface area contributed by atoms with E-state index < -0.39 is 29.4 Å². The maximum atomic E-state index is 14.9. The molecule has 3 heterocycles. The molecule has 31 heavy (non-hydrogen) atoms. The number of aliphatic imine (C=N–C) groups is 1. The van der Waals surface area contributed by atoms with Crippen LogP contribution in [0.25, 0.3) is 0 Å². The topological polar surface area (TPSA) is 112 Å². The Balaban J connectivity index is 1.66. The molecule has 164 valence electrons. The second-order valence-electron chi connectivity index (χ2n) is 7.52. The molecule has 0 aliphatic carbocycles. The van der Waals surface area contributed by atoms with E-state index in [9.17, 15) is 18.0 Å². The van der Waals surface area contributed by atoms with Gasteiger partial charge in [-0.1, -0.05) is 0 Å². The zero-order valence-corrected chi connectivity index (χ0v) is 16.7. The van der Waals surface area contributed by atoms with Crippen LogP contribution in [-0.4, -0.2) is 40.7 Å². The van der Waals surface area contributed by atoms with Crippen molar-refractivity contribution in [3.8, 4) is 0 Å². The van der Waals surface area contributed by atoms with Crippen molar-refractivity contribution in [3.63, 3.8) is 0 Å². The average Bonchev–Trinajstić information content (AvgIpc) is 3.06. The van der Waals surface area contributed by atoms with Gasteiger partial charge in [0.05, 0.1) is 31.0 Å². The van der Waals surface area contributed by atoms with Crippen LogP contribution in [0.15, 0.2) is 35.6 Å². The van der Waals surface area contributed by atoms with E-state index in [0.717, 1.165) is 12.4 Å². The van der Waals surface area contributed by atoms with Gasteiger partial charge in [-0.15, -0.1) is 0 Å². The normalized spacial score (nSPS) is 27.4. The summed E-state index contributed by atoms with van der Waals surface area (Å²) >= 11 is 0. The van der Waals surface area contributed by atoms with E-state index in [1.807, 2.05) is 13.8 Å². The molecule has 1 aromatic heterocycles. The second kappa shape index (κ2) is 7.80. The number of amidine groups is 1. The third kappa shape index (κ3) is 3.69. The summed E-state index contributed by atoms with van der Waals surface area (Å²) in [4.78, 5) is 24.1. The number of hydrogen-bond acceptors (Lipinski definition) is 7. The summed E-state index contributed by atoms with van der Waals surface area (Å²) in [5.74, 6) is -1.51. The molecule has 1 amide bonds. The summed E-state index contributed by atoms with van der Waals surface area (Å²) in [6.07, 6.45) is -1.63. The standard InChI is InChI=1S/C20H20F3N5O3/c1-9-16-10(2)31-19(24)28-20(16,8-30-9)12-5-11(3-4-13(12)21)27-18(29)15-7-25-14(6-26-15)17(22)23/h3-7,9-10,16-17H,8H2,1-2H3,(H2,24,28)(H,27,29)/t9-,10-,16?,20?/m1/s1. The van der Waals surface area contributed by atoms with Gasteiger partial charge in [-0.05, 0) is 32.0 Å². The molecule has 4 rings (SSSR count). The van der Waals surface area contributed by atoms with Crippen LogP contribution < -0.4 is 11.1 Å². The van der Waals surface area contributed by atoms with E-state index in [4.69, 9.17) is 15.2 Å². The Morgan fingerprint density at radius 3 is 2.71 bits per heavy atom. The molecule has 4 atom stereocenters. The number of carbonyl (C=O) groups is 1. The lowest BCUT2D eigenvalue weighted by molar-refractivity contribution is 0.0417. The number of alkyl halides is 2. The fourth-order valence-electron chi connectivity index (χ4n) is 4.23. The van der Waals surface area contributed by atoms with Crippen LogP contribution in [0.1, 0.15) is 42.0 Å². The molecule has 1 aromatic carbocycles. The van der Waals surface area contributed by atoms with Gasteiger partial charge < -0.3 is 20.5 Å². The van der Waals surface area contributed by atoms with Gasteiger partial charge in [0, 0.05) is 11.3 Å². The first kappa shape index (κ1) is 21.0. The smallest absolute Gasteiger partial charge is 0.283 e. The van der Waals surface area contributed by atoms with Crippen LogP contribution in [0.4, 0.5) is 18.9 Å². The van der Waals surface area contributed by atoms with Gasteiger partial charge >= 0.3 is 0 Å². The van der Waals surface area contributed by atoms with Crippen molar-refractivity contribution >= 4 is 17.6 Å². The van der Waals surface area contributed by atoms with Crippen molar-refractivity contribution in [3.05, 3.63) is 53.4 Å². The highest BCUT2D eigenvalue weighted by Gasteiger charge is 2.56. The Kier molecular flexibility index (Phi) is 5.29. The highest BCUT2D eigenvalue weighted by molar-refractivity contribution is 6.02. The predicted molar refractivity (Wildman–Crippen MR) is 104 cm³/mol. The zero-order chi connectivity index (χ0) is 22.3. The molecule has 8 nitrogen and oxygen atoms in total. The number of fused-ring (bicyclic) bond motifs is 1. The number of amides is 1. The van der Waals surface area contributed by atoms with E-state index in [1.165, 1.54) is 18.2 Å². The highest BCUT2D eigenvalue weighted by Crippen LogP contribution is 2.48. The molecule has 1 saturated heterocycles. The van der Waals surface area contributed by atoms with Crippen LogP contribution in [0.5, 0.6) is 0 Å². The summed E-state index contributed by atoms with van der Waals surface area (Å²) in [6, 6.07) is 3.97. The van der Waals surface area contributed by atoms with Gasteiger partial charge in [0.15, 0.2) is 0 Å². The lowest BCUT2D eigenvalue weighted by Gasteiger charge is -2.39. The van der Waals surface area contributed by atoms with E-state index >= 15 is 0 Å². The summed E-state index contributed by atoms with van der Waals surface area (Å²) in [5.41, 5.74) is 4.51. The Hall–Kier alpha value is -3.21. The van der Waals surface area contributed by atoms with Gasteiger partial charge in [-0.25, -0.2) is 23.1 Å². The van der Waals surface area contributed by atoms with Crippen molar-refractivity contribution in [1.29, 1.82) is 0 Å². The van der Waals surface area contributed by atoms with Crippen molar-refractivity contribution in [2.45, 2.75) is 38.0 Å². The van der Waals surface area contributed by atoms with Gasteiger partial charge in [0.1, 0.15) is 28.8 Å². The Bertz CT molecular complexity index is 1030. The maximum Gasteiger partial charge on any atom is 0.283 e. The molecule has 0 radical (unpaired) electrons. The number of carbonyl (C=O) groups excluding carboxylic acids is 1. The minimum Gasteiger partial charge on any atom is -0.462 e. The van der Waals surface area contributed by atoms with E-state index in [1.54, 1.807) is 0 Å². The second-order valence-corrected chi connectivity index (χ2v) is 7.52. The number of benzene rings is 1. The van der Waals surface area contributed by atoms with Crippen molar-refractivity contribution < 1.29 is 27.4 Å². The zero-order valence-electron chi connectivity index (χ0n) is 16.7. The predicted octanol–water partition coefficient (Wildman–Crippen LogP) is 2.77. The Labute approximate surface area is 175 Å². The lowest BCUT2D eigenvalue weighted by Crippen LogP contribution is -2.49. The fraction of sp³-hybridized carbons (Fsp3) is 0.400. The van der Waals surface area contributed by atoms with Gasteiger partial charge in [-0.2, -0.15) is 0 Å². The maximum absolute atomic E-state index is 14.9. The first-order chi connectivity index (χ1) is 14.7. The highest BCUT2D eigenvalue weighted by atomic mass is 19.3. The molecule has 1 fully saturated rings. The third-order valence-corrected chi connectivity index (χ3v) is 5.56. The number of aromatic nitrogens is 2. The van der Waals surface area contributed by atoms with Crippen LogP contribution in [0, 0.1) is 11.7 Å². The molecule has 2 aliphatic heterocycles. The first-order valence-corrected chi connectivity index (χ1v) is 9.56. The molecular formula is C20H20F3N5O3. The molecular weight excluding hydrogens is 415 g/mol. The number of hydrogen-bond donors (Lipinski definition) is 2. The summed E-state index contributed by atoms with van der Waals surface area (Å²) in [6.45, 7) is 3.77. The lowest BCUT2D eigenvalue weighted by atomic mass is 9.75. The number of rotatable bonds is 4. The van der Waals surface area contributed by atoms with Crippen molar-refractivity contribution in [1.82, 2.24) is 9.97 Å². The summed E-state index contributed by atoms with van der Waals surface area (Å²) < 4.78 is 51.5. The minimum atomic E-state index is -2.79. The number of nitrogens with one attached hydrogen (secondary N) is 1. The van der Waals surface area contributed by atoms with E-state index in [2.05, 4.69) is 20.3 Å². The average molecular weight is 435 g/mol. The number of nitrogens with two attached hydrogens (primary N) is 1. The van der Waals surface area contributed by atoms with Crippen molar-refractivity contribution in [2.24, 2.45) is 16.6 Å². The molecule has 2 aliphatic rings. The Morgan fingerprint density at radius 2 is 2.03 bits per heavy atom. The molecule has 0 saturated carbocycles. The molecule has 3 N–H and O–H groups in total. The fourth-order valence-corrected chi connectivity index (χ4v) is 4.23. The van der Waals surface area contributed by atoms with Crippen molar-refractivity contribution in [2.75, 3.05) is 11.9 Å². The molecule has 2 aromatic rings. The van der Waals surface area contributed by atoms with Crippen LogP contribution >= 0.6 is 0 Å². The number of halogens is 3. The third-order valence-electron chi connectivity index (χ3n) is 5.56. The molecule has 0 bridgehead atoms. The largest absolute Gasteiger partial charge is 0.462 e. The monoisotopic (exact) mass is 435 g/mol. The van der Waals surface area contributed by atoms with Gasteiger partial charge in [-0.3, -0.25) is 9.78 Å². The van der Waals surface area contributed by atoms with Gasteiger partial charge in [0.25, 0.3) is 18.4 Å². The quantitative estimate of drug-likeness (QED) is 0.764. The summed E-state index contributed by atoms with van der Waals surface area (Å²) in [5, 5.41) is 2.58. The minimum absolute atomic E-state index is 0.0651. The molecule has 11 heteroatoms. The van der Waals surface area contributed by atoms with E-state index in [0.29, 0.717) is 0 Å². The number of ether oxygens (including phenoxy) is 2. The number of anilines is 1.